The summed E-state index contributed by atoms with van der Waals surface area (Å²) in [6.07, 6.45) is -2.00. The minimum atomic E-state index is -4.12. The number of likely N-dealkylation sites (N-methyl/N-ethyl adjacent to an activating group) is 1. The summed E-state index contributed by atoms with van der Waals surface area (Å²) >= 11 is 0. The van der Waals surface area contributed by atoms with Crippen molar-refractivity contribution >= 4 is 0 Å². The lowest BCUT2D eigenvalue weighted by Crippen LogP contribution is -2.28. The van der Waals surface area contributed by atoms with E-state index in [4.69, 9.17) is 4.52 Å². The lowest BCUT2D eigenvalue weighted by atomic mass is 9.81. The summed E-state index contributed by atoms with van der Waals surface area (Å²) in [6, 6.07) is 0.203. The molecular formula is C13H20F3N3O. The Morgan fingerprint density at radius 2 is 2.15 bits per heavy atom. The molecule has 1 aliphatic carbocycles. The van der Waals surface area contributed by atoms with Gasteiger partial charge in [0.05, 0.1) is 5.92 Å². The minimum Gasteiger partial charge on any atom is -0.339 e. The molecule has 0 spiro atoms. The molecule has 0 radical (unpaired) electrons. The Morgan fingerprint density at radius 3 is 2.80 bits per heavy atom. The molecule has 1 aromatic rings. The third-order valence-corrected chi connectivity index (χ3v) is 3.95. The average Bonchev–Trinajstić information content (AvgIpc) is 2.86. The SMILES string of the molecule is CNC(C)Cc1noc(C2CCCC(C(F)(F)F)C2)n1. The number of nitrogens with one attached hydrogen (secondary N) is 1. The zero-order valence-corrected chi connectivity index (χ0v) is 11.7. The van der Waals surface area contributed by atoms with Crippen LogP contribution in [0, 0.1) is 5.92 Å². The topological polar surface area (TPSA) is 51.0 Å². The highest BCUT2D eigenvalue weighted by Gasteiger charge is 2.43. The first-order chi connectivity index (χ1) is 9.40. The molecule has 20 heavy (non-hydrogen) atoms. The van der Waals surface area contributed by atoms with Gasteiger partial charge in [0.2, 0.25) is 5.89 Å². The van der Waals surface area contributed by atoms with Gasteiger partial charge >= 0.3 is 6.18 Å². The lowest BCUT2D eigenvalue weighted by Gasteiger charge is -2.28. The van der Waals surface area contributed by atoms with Gasteiger partial charge in [-0.05, 0) is 33.2 Å². The molecule has 0 aliphatic heterocycles. The first-order valence-corrected chi connectivity index (χ1v) is 6.96. The number of aromatic nitrogens is 2. The van der Waals surface area contributed by atoms with Gasteiger partial charge in [-0.15, -0.1) is 0 Å². The minimum absolute atomic E-state index is 0.0622. The number of halogens is 3. The van der Waals surface area contributed by atoms with Crippen molar-refractivity contribution in [1.29, 1.82) is 0 Å². The van der Waals surface area contributed by atoms with E-state index in [2.05, 4.69) is 15.5 Å². The molecule has 4 nitrogen and oxygen atoms in total. The number of nitrogens with zero attached hydrogens (tertiary/aromatic N) is 2. The fraction of sp³-hybridized carbons (Fsp3) is 0.846. The first kappa shape index (κ1) is 15.3. The van der Waals surface area contributed by atoms with Gasteiger partial charge in [-0.3, -0.25) is 0 Å². The van der Waals surface area contributed by atoms with Crippen molar-refractivity contribution in [2.75, 3.05) is 7.05 Å². The van der Waals surface area contributed by atoms with E-state index in [1.807, 2.05) is 14.0 Å². The van der Waals surface area contributed by atoms with Gasteiger partial charge < -0.3 is 9.84 Å². The summed E-state index contributed by atoms with van der Waals surface area (Å²) in [7, 11) is 1.83. The molecule has 0 aromatic carbocycles. The molecule has 1 aliphatic rings. The lowest BCUT2D eigenvalue weighted by molar-refractivity contribution is -0.183. The smallest absolute Gasteiger partial charge is 0.339 e. The molecule has 1 saturated carbocycles. The van der Waals surface area contributed by atoms with Crippen LogP contribution in [0.25, 0.3) is 0 Å². The molecule has 0 saturated heterocycles. The number of alkyl halides is 3. The van der Waals surface area contributed by atoms with E-state index in [1.165, 1.54) is 0 Å². The summed E-state index contributed by atoms with van der Waals surface area (Å²) in [5.41, 5.74) is 0. The molecule has 2 rings (SSSR count). The predicted molar refractivity (Wildman–Crippen MR) is 67.3 cm³/mol. The summed E-state index contributed by atoms with van der Waals surface area (Å²) in [4.78, 5) is 4.25. The molecule has 1 fully saturated rings. The molecule has 1 heterocycles. The van der Waals surface area contributed by atoms with Crippen LogP contribution in [0.4, 0.5) is 13.2 Å². The van der Waals surface area contributed by atoms with Crippen molar-refractivity contribution in [3.8, 4) is 0 Å². The largest absolute Gasteiger partial charge is 0.391 e. The Kier molecular flexibility index (Phi) is 4.67. The Hall–Kier alpha value is -1.11. The van der Waals surface area contributed by atoms with E-state index in [0.717, 1.165) is 0 Å². The fourth-order valence-corrected chi connectivity index (χ4v) is 2.60. The van der Waals surface area contributed by atoms with Gasteiger partial charge in [-0.2, -0.15) is 18.2 Å². The maximum Gasteiger partial charge on any atom is 0.391 e. The average molecular weight is 291 g/mol. The van der Waals surface area contributed by atoms with Gasteiger partial charge in [0.1, 0.15) is 0 Å². The van der Waals surface area contributed by atoms with Crippen molar-refractivity contribution in [3.05, 3.63) is 11.7 Å². The number of hydrogen-bond acceptors (Lipinski definition) is 4. The van der Waals surface area contributed by atoms with E-state index in [9.17, 15) is 13.2 Å². The maximum absolute atomic E-state index is 12.8. The van der Waals surface area contributed by atoms with Crippen molar-refractivity contribution < 1.29 is 17.7 Å². The van der Waals surface area contributed by atoms with Crippen LogP contribution in [0.5, 0.6) is 0 Å². The van der Waals surface area contributed by atoms with E-state index in [0.29, 0.717) is 31.0 Å². The molecule has 7 heteroatoms. The van der Waals surface area contributed by atoms with Crippen molar-refractivity contribution in [1.82, 2.24) is 15.5 Å². The third-order valence-electron chi connectivity index (χ3n) is 3.95. The molecule has 114 valence electrons. The third kappa shape index (κ3) is 3.71. The van der Waals surface area contributed by atoms with Crippen LogP contribution in [0.1, 0.15) is 50.2 Å². The summed E-state index contributed by atoms with van der Waals surface area (Å²) in [5, 5.41) is 6.92. The standard InChI is InChI=1S/C13H20F3N3O/c1-8(17-2)6-11-18-12(20-19-11)9-4-3-5-10(7-9)13(14,15)16/h8-10,17H,3-7H2,1-2H3. The fourth-order valence-electron chi connectivity index (χ4n) is 2.60. The van der Waals surface area contributed by atoms with E-state index in [1.54, 1.807) is 0 Å². The van der Waals surface area contributed by atoms with Gasteiger partial charge in [0.25, 0.3) is 0 Å². The highest BCUT2D eigenvalue weighted by atomic mass is 19.4. The highest BCUT2D eigenvalue weighted by molar-refractivity contribution is 4.98. The quantitative estimate of drug-likeness (QED) is 0.926. The van der Waals surface area contributed by atoms with E-state index in [-0.39, 0.29) is 24.8 Å². The van der Waals surface area contributed by atoms with Crippen LogP contribution >= 0.6 is 0 Å². The van der Waals surface area contributed by atoms with Crippen LogP contribution in [0.2, 0.25) is 0 Å². The Labute approximate surface area is 116 Å². The summed E-state index contributed by atoms with van der Waals surface area (Å²) in [5.74, 6) is -0.595. The maximum atomic E-state index is 12.8. The van der Waals surface area contributed by atoms with Crippen LogP contribution in [-0.4, -0.2) is 29.4 Å². The zero-order valence-electron chi connectivity index (χ0n) is 11.7. The first-order valence-electron chi connectivity index (χ1n) is 6.96. The Bertz CT molecular complexity index is 433. The summed E-state index contributed by atoms with van der Waals surface area (Å²) in [6.45, 7) is 1.98. The molecule has 0 bridgehead atoms. The van der Waals surface area contributed by atoms with Crippen molar-refractivity contribution in [2.45, 2.75) is 57.2 Å². The second kappa shape index (κ2) is 6.11. The van der Waals surface area contributed by atoms with Crippen LogP contribution in [-0.2, 0) is 6.42 Å². The molecule has 1 N–H and O–H groups in total. The Morgan fingerprint density at radius 1 is 1.40 bits per heavy atom. The second-order valence-corrected chi connectivity index (χ2v) is 5.54. The van der Waals surface area contributed by atoms with E-state index >= 15 is 0 Å². The van der Waals surface area contributed by atoms with Gasteiger partial charge in [0, 0.05) is 18.4 Å². The van der Waals surface area contributed by atoms with Crippen LogP contribution < -0.4 is 5.32 Å². The normalized spacial score (nSPS) is 25.6. The van der Waals surface area contributed by atoms with Crippen LogP contribution in [0.3, 0.4) is 0 Å². The van der Waals surface area contributed by atoms with Crippen molar-refractivity contribution in [3.63, 3.8) is 0 Å². The second-order valence-electron chi connectivity index (χ2n) is 5.54. The number of rotatable bonds is 4. The molecule has 3 unspecified atom stereocenters. The van der Waals surface area contributed by atoms with Gasteiger partial charge in [0.15, 0.2) is 5.82 Å². The monoisotopic (exact) mass is 291 g/mol. The predicted octanol–water partition coefficient (Wildman–Crippen LogP) is 3.06. The van der Waals surface area contributed by atoms with Crippen molar-refractivity contribution in [2.24, 2.45) is 5.92 Å². The highest BCUT2D eigenvalue weighted by Crippen LogP contribution is 2.43. The summed E-state index contributed by atoms with van der Waals surface area (Å²) < 4.78 is 43.5. The Balaban J connectivity index is 2.01. The number of hydrogen-bond donors (Lipinski definition) is 1. The van der Waals surface area contributed by atoms with Gasteiger partial charge in [-0.1, -0.05) is 11.6 Å². The molecule has 0 amide bonds. The zero-order chi connectivity index (χ0) is 14.8. The van der Waals surface area contributed by atoms with E-state index < -0.39 is 12.1 Å². The van der Waals surface area contributed by atoms with Crippen LogP contribution in [0.15, 0.2) is 4.52 Å². The molecule has 1 aromatic heterocycles. The molecule has 3 atom stereocenters. The molecular weight excluding hydrogens is 271 g/mol. The van der Waals surface area contributed by atoms with Gasteiger partial charge in [-0.25, -0.2) is 0 Å².